The number of nitrogens with zero attached hydrogens (tertiary/aromatic N) is 2. The highest BCUT2D eigenvalue weighted by molar-refractivity contribution is 5.87. The number of benzene rings is 2. The van der Waals surface area contributed by atoms with Gasteiger partial charge in [0.15, 0.2) is 0 Å². The molecule has 0 amide bonds. The first-order valence-corrected chi connectivity index (χ1v) is 7.68. The molecule has 0 aliphatic heterocycles. The zero-order valence-electron chi connectivity index (χ0n) is 13.0. The van der Waals surface area contributed by atoms with Gasteiger partial charge in [-0.25, -0.2) is 4.98 Å². The lowest BCUT2D eigenvalue weighted by atomic mass is 10.1. The van der Waals surface area contributed by atoms with Crippen LogP contribution in [0, 0.1) is 0 Å². The number of aryl methyl sites for hydroxylation is 1. The molecule has 3 aromatic rings. The molecule has 0 bridgehead atoms. The molecule has 0 aliphatic carbocycles. The maximum Gasteiger partial charge on any atom is 0.119 e. The van der Waals surface area contributed by atoms with Crippen LogP contribution in [0.2, 0.25) is 0 Å². The van der Waals surface area contributed by atoms with Gasteiger partial charge in [-0.15, -0.1) is 0 Å². The minimum Gasteiger partial charge on any atom is -0.494 e. The predicted molar refractivity (Wildman–Crippen MR) is 90.2 cm³/mol. The van der Waals surface area contributed by atoms with Crippen molar-refractivity contribution in [2.24, 2.45) is 0 Å². The molecule has 2 N–H and O–H groups in total. The van der Waals surface area contributed by atoms with Crippen molar-refractivity contribution in [1.82, 2.24) is 9.55 Å². The molecule has 1 aromatic heterocycles. The van der Waals surface area contributed by atoms with E-state index in [0.717, 1.165) is 41.3 Å². The quantitative estimate of drug-likeness (QED) is 0.731. The van der Waals surface area contributed by atoms with Gasteiger partial charge in [0.25, 0.3) is 0 Å². The van der Waals surface area contributed by atoms with Gasteiger partial charge in [-0.3, -0.25) is 0 Å². The maximum atomic E-state index is 6.05. The fourth-order valence-corrected chi connectivity index (χ4v) is 2.76. The van der Waals surface area contributed by atoms with Gasteiger partial charge < -0.3 is 15.0 Å². The summed E-state index contributed by atoms with van der Waals surface area (Å²) in [5, 5.41) is 0. The highest BCUT2D eigenvalue weighted by Crippen LogP contribution is 2.23. The summed E-state index contributed by atoms with van der Waals surface area (Å²) in [5.74, 6) is 1.94. The van der Waals surface area contributed by atoms with E-state index in [9.17, 15) is 0 Å². The van der Waals surface area contributed by atoms with Crippen LogP contribution in [0.1, 0.15) is 25.2 Å². The van der Waals surface area contributed by atoms with Gasteiger partial charge in [0.2, 0.25) is 0 Å². The largest absolute Gasteiger partial charge is 0.494 e. The third kappa shape index (κ3) is 2.64. The van der Waals surface area contributed by atoms with Crippen molar-refractivity contribution in [2.45, 2.75) is 26.8 Å². The van der Waals surface area contributed by atoms with Crippen LogP contribution in [0.5, 0.6) is 5.75 Å². The molecular formula is C18H21N3O. The Balaban J connectivity index is 1.94. The summed E-state index contributed by atoms with van der Waals surface area (Å²) >= 11 is 0. The van der Waals surface area contributed by atoms with Crippen molar-refractivity contribution in [1.29, 1.82) is 0 Å². The van der Waals surface area contributed by atoms with Crippen LogP contribution in [0.4, 0.5) is 5.69 Å². The molecule has 0 saturated heterocycles. The Bertz CT molecular complexity index is 775. The number of fused-ring (bicyclic) bond motifs is 1. The minimum absolute atomic E-state index is 0.685. The van der Waals surface area contributed by atoms with E-state index in [1.807, 2.05) is 31.2 Å². The topological polar surface area (TPSA) is 53.1 Å². The van der Waals surface area contributed by atoms with Crippen molar-refractivity contribution >= 4 is 16.7 Å². The molecule has 0 unspecified atom stereocenters. The van der Waals surface area contributed by atoms with E-state index < -0.39 is 0 Å². The lowest BCUT2D eigenvalue weighted by molar-refractivity contribution is 0.340. The number of ether oxygens (including phenoxy) is 1. The van der Waals surface area contributed by atoms with Gasteiger partial charge in [0, 0.05) is 13.0 Å². The average Bonchev–Trinajstić information content (AvgIpc) is 2.88. The molecule has 0 saturated carbocycles. The van der Waals surface area contributed by atoms with E-state index in [0.29, 0.717) is 6.61 Å². The van der Waals surface area contributed by atoms with Crippen LogP contribution in [-0.4, -0.2) is 16.2 Å². The Labute approximate surface area is 130 Å². The second-order valence-corrected chi connectivity index (χ2v) is 5.24. The third-order valence-electron chi connectivity index (χ3n) is 3.80. The monoisotopic (exact) mass is 295 g/mol. The van der Waals surface area contributed by atoms with E-state index in [4.69, 9.17) is 15.5 Å². The van der Waals surface area contributed by atoms with Crippen molar-refractivity contribution < 1.29 is 4.74 Å². The average molecular weight is 295 g/mol. The fourth-order valence-electron chi connectivity index (χ4n) is 2.76. The minimum atomic E-state index is 0.685. The van der Waals surface area contributed by atoms with Gasteiger partial charge in [-0.1, -0.05) is 18.2 Å². The lowest BCUT2D eigenvalue weighted by Gasteiger charge is -2.07. The summed E-state index contributed by atoms with van der Waals surface area (Å²) in [7, 11) is 0. The number of para-hydroxylation sites is 1. The molecule has 0 radical (unpaired) electrons. The molecule has 4 heteroatoms. The molecule has 114 valence electrons. The van der Waals surface area contributed by atoms with Crippen LogP contribution in [0.25, 0.3) is 11.0 Å². The maximum absolute atomic E-state index is 6.05. The number of nitrogens with two attached hydrogens (primary N) is 1. The first-order valence-electron chi connectivity index (χ1n) is 7.68. The summed E-state index contributed by atoms with van der Waals surface area (Å²) in [6.45, 7) is 5.69. The standard InChI is InChI=1S/C18H21N3O/c1-3-21-16-7-5-6-15(19)18(16)20-17(21)12-13-8-10-14(11-9-13)22-4-2/h5-11H,3-4,12,19H2,1-2H3. The number of imidazole rings is 1. The second-order valence-electron chi connectivity index (χ2n) is 5.24. The highest BCUT2D eigenvalue weighted by atomic mass is 16.5. The summed E-state index contributed by atoms with van der Waals surface area (Å²) < 4.78 is 7.71. The Morgan fingerprint density at radius 2 is 1.86 bits per heavy atom. The number of hydrogen-bond acceptors (Lipinski definition) is 3. The number of rotatable bonds is 5. The molecule has 1 heterocycles. The van der Waals surface area contributed by atoms with E-state index in [1.165, 1.54) is 5.56 Å². The molecule has 22 heavy (non-hydrogen) atoms. The third-order valence-corrected chi connectivity index (χ3v) is 3.80. The van der Waals surface area contributed by atoms with Crippen molar-refractivity contribution in [3.8, 4) is 5.75 Å². The Morgan fingerprint density at radius 1 is 1.09 bits per heavy atom. The van der Waals surface area contributed by atoms with E-state index in [2.05, 4.69) is 29.7 Å². The smallest absolute Gasteiger partial charge is 0.119 e. The molecule has 0 aliphatic rings. The van der Waals surface area contributed by atoms with Crippen LogP contribution >= 0.6 is 0 Å². The van der Waals surface area contributed by atoms with Crippen molar-refractivity contribution in [2.75, 3.05) is 12.3 Å². The number of anilines is 1. The zero-order valence-corrected chi connectivity index (χ0v) is 13.0. The van der Waals surface area contributed by atoms with Crippen LogP contribution in [0.3, 0.4) is 0 Å². The summed E-state index contributed by atoms with van der Waals surface area (Å²) in [4.78, 5) is 4.74. The molecular weight excluding hydrogens is 274 g/mol. The lowest BCUT2D eigenvalue weighted by Crippen LogP contribution is -2.02. The molecule has 0 atom stereocenters. The second kappa shape index (κ2) is 6.10. The Kier molecular flexibility index (Phi) is 4.00. The molecule has 2 aromatic carbocycles. The fraction of sp³-hybridized carbons (Fsp3) is 0.278. The zero-order chi connectivity index (χ0) is 15.5. The summed E-state index contributed by atoms with van der Waals surface area (Å²) in [5.41, 5.74) is 9.99. The highest BCUT2D eigenvalue weighted by Gasteiger charge is 2.11. The number of nitrogen functional groups attached to an aromatic ring is 1. The molecule has 0 spiro atoms. The van der Waals surface area contributed by atoms with Gasteiger partial charge in [-0.2, -0.15) is 0 Å². The first-order chi connectivity index (χ1) is 10.7. The van der Waals surface area contributed by atoms with Crippen LogP contribution in [0.15, 0.2) is 42.5 Å². The number of aromatic nitrogens is 2. The Hall–Kier alpha value is -2.49. The van der Waals surface area contributed by atoms with Gasteiger partial charge >= 0.3 is 0 Å². The van der Waals surface area contributed by atoms with Crippen molar-refractivity contribution in [3.05, 3.63) is 53.9 Å². The molecule has 0 fully saturated rings. The Morgan fingerprint density at radius 3 is 2.55 bits per heavy atom. The first kappa shape index (κ1) is 14.4. The van der Waals surface area contributed by atoms with Gasteiger partial charge in [0.05, 0.1) is 17.8 Å². The predicted octanol–water partition coefficient (Wildman–Crippen LogP) is 3.63. The van der Waals surface area contributed by atoms with E-state index in [1.54, 1.807) is 0 Å². The van der Waals surface area contributed by atoms with Crippen LogP contribution in [-0.2, 0) is 13.0 Å². The number of hydrogen-bond donors (Lipinski definition) is 1. The van der Waals surface area contributed by atoms with Gasteiger partial charge in [-0.05, 0) is 43.7 Å². The normalized spacial score (nSPS) is 11.0. The van der Waals surface area contributed by atoms with E-state index >= 15 is 0 Å². The molecule has 4 nitrogen and oxygen atoms in total. The van der Waals surface area contributed by atoms with Gasteiger partial charge in [0.1, 0.15) is 17.1 Å². The summed E-state index contributed by atoms with van der Waals surface area (Å²) in [6.07, 6.45) is 0.786. The SMILES string of the molecule is CCOc1ccc(Cc2nc3c(N)cccc3n2CC)cc1. The van der Waals surface area contributed by atoms with Crippen LogP contribution < -0.4 is 10.5 Å². The van der Waals surface area contributed by atoms with Crippen molar-refractivity contribution in [3.63, 3.8) is 0 Å². The van der Waals surface area contributed by atoms with E-state index in [-0.39, 0.29) is 0 Å². The molecule has 3 rings (SSSR count). The summed E-state index contributed by atoms with van der Waals surface area (Å²) in [6, 6.07) is 14.1.